The van der Waals surface area contributed by atoms with Gasteiger partial charge in [0.1, 0.15) is 0 Å². The summed E-state index contributed by atoms with van der Waals surface area (Å²) in [6.45, 7) is 0. The number of rotatable bonds is 3. The molecule has 1 atom stereocenters. The average Bonchev–Trinajstić information content (AvgIpc) is 2.06. The second kappa shape index (κ2) is 3.85. The minimum absolute atomic E-state index is 0.115. The van der Waals surface area contributed by atoms with Crippen LogP contribution in [0.5, 0.6) is 0 Å². The van der Waals surface area contributed by atoms with Gasteiger partial charge in [0, 0.05) is 6.42 Å². The molecule has 0 aliphatic heterocycles. The summed E-state index contributed by atoms with van der Waals surface area (Å²) in [5, 5.41) is 8.25. The topological polar surface area (TPSA) is 37.3 Å². The average molecular weight is 167 g/mol. The molecule has 0 amide bonds. The third-order valence-corrected chi connectivity index (χ3v) is 1.44. The van der Waals surface area contributed by atoms with Crippen LogP contribution in [-0.2, 0) is 11.2 Å². The van der Waals surface area contributed by atoms with Crippen molar-refractivity contribution in [2.75, 3.05) is 0 Å². The Balaban J connectivity index is 2.58. The van der Waals surface area contributed by atoms with Crippen molar-refractivity contribution in [3.05, 3.63) is 35.9 Å². The molecule has 1 rings (SSSR count). The summed E-state index contributed by atoms with van der Waals surface area (Å²) in [6.07, 6.45) is -1.94. The predicted octanol–water partition coefficient (Wildman–Crippen LogP) is 1.45. The Labute approximate surface area is 69.6 Å². The van der Waals surface area contributed by atoms with Crippen LogP contribution in [-0.4, -0.2) is 17.2 Å². The molecule has 1 unspecified atom stereocenters. The Morgan fingerprint density at radius 3 is 2.92 bits per heavy atom. The number of alkyl halides is 1. The molecule has 2 nitrogen and oxygen atoms in total. The molecule has 1 N–H and O–H groups in total. The van der Waals surface area contributed by atoms with Gasteiger partial charge in [-0.15, -0.1) is 0 Å². The molecule has 0 fully saturated rings. The molecule has 1 aromatic carbocycles. The second-order valence-corrected chi connectivity index (χ2v) is 2.40. The molecule has 0 spiro atoms. The maximum atomic E-state index is 12.6. The van der Waals surface area contributed by atoms with E-state index in [9.17, 15) is 9.18 Å². The van der Waals surface area contributed by atoms with E-state index in [2.05, 4.69) is 6.07 Å². The molecule has 1 aromatic rings. The van der Waals surface area contributed by atoms with Gasteiger partial charge in [-0.25, -0.2) is 9.18 Å². The van der Waals surface area contributed by atoms with Gasteiger partial charge >= 0.3 is 5.97 Å². The van der Waals surface area contributed by atoms with E-state index in [0.717, 1.165) is 0 Å². The summed E-state index contributed by atoms with van der Waals surface area (Å²) in [6, 6.07) is 9.50. The van der Waals surface area contributed by atoms with Gasteiger partial charge in [0.25, 0.3) is 0 Å². The van der Waals surface area contributed by atoms with E-state index in [0.29, 0.717) is 5.56 Å². The maximum absolute atomic E-state index is 12.6. The molecule has 12 heavy (non-hydrogen) atoms. The molecule has 1 radical (unpaired) electrons. The third kappa shape index (κ3) is 2.34. The van der Waals surface area contributed by atoms with Crippen molar-refractivity contribution >= 4 is 5.97 Å². The van der Waals surface area contributed by atoms with E-state index in [1.54, 1.807) is 24.3 Å². The van der Waals surface area contributed by atoms with Crippen LogP contribution in [0.2, 0.25) is 0 Å². The molecule has 0 saturated heterocycles. The number of halogens is 1. The van der Waals surface area contributed by atoms with Gasteiger partial charge < -0.3 is 5.11 Å². The van der Waals surface area contributed by atoms with Crippen molar-refractivity contribution < 1.29 is 14.3 Å². The minimum Gasteiger partial charge on any atom is -0.479 e. The second-order valence-electron chi connectivity index (χ2n) is 2.40. The van der Waals surface area contributed by atoms with Crippen LogP contribution >= 0.6 is 0 Å². The molecule has 0 bridgehead atoms. The van der Waals surface area contributed by atoms with Gasteiger partial charge in [0.2, 0.25) is 6.17 Å². The van der Waals surface area contributed by atoms with Crippen molar-refractivity contribution in [2.24, 2.45) is 0 Å². The van der Waals surface area contributed by atoms with Gasteiger partial charge in [-0.3, -0.25) is 0 Å². The lowest BCUT2D eigenvalue weighted by atomic mass is 10.1. The molecular weight excluding hydrogens is 159 g/mol. The van der Waals surface area contributed by atoms with Crippen LogP contribution < -0.4 is 0 Å². The first kappa shape index (κ1) is 8.71. The number of carbonyl (C=O) groups is 1. The number of carboxylic acids is 1. The zero-order valence-electron chi connectivity index (χ0n) is 6.33. The fraction of sp³-hybridized carbons (Fsp3) is 0.222. The molecule has 0 heterocycles. The maximum Gasteiger partial charge on any atom is 0.338 e. The fourth-order valence-electron chi connectivity index (χ4n) is 0.838. The molecule has 0 aliphatic carbocycles. The largest absolute Gasteiger partial charge is 0.479 e. The quantitative estimate of drug-likeness (QED) is 0.739. The first-order valence-corrected chi connectivity index (χ1v) is 3.52. The van der Waals surface area contributed by atoms with Crippen molar-refractivity contribution in [2.45, 2.75) is 12.6 Å². The number of hydrogen-bond acceptors (Lipinski definition) is 1. The highest BCUT2D eigenvalue weighted by Crippen LogP contribution is 2.04. The summed E-state index contributed by atoms with van der Waals surface area (Å²) in [4.78, 5) is 10.1. The Hall–Kier alpha value is -1.38. The van der Waals surface area contributed by atoms with Gasteiger partial charge in [-0.2, -0.15) is 0 Å². The summed E-state index contributed by atoms with van der Waals surface area (Å²) in [5.74, 6) is -1.42. The monoisotopic (exact) mass is 167 g/mol. The van der Waals surface area contributed by atoms with E-state index in [1.165, 1.54) is 0 Å². The van der Waals surface area contributed by atoms with Crippen LogP contribution in [0.1, 0.15) is 5.56 Å². The lowest BCUT2D eigenvalue weighted by molar-refractivity contribution is -0.142. The predicted molar refractivity (Wildman–Crippen MR) is 41.5 cm³/mol. The van der Waals surface area contributed by atoms with Gasteiger partial charge in [-0.05, 0) is 11.6 Å². The molecule has 3 heteroatoms. The number of carboxylic acid groups (broad SMARTS) is 1. The smallest absolute Gasteiger partial charge is 0.338 e. The van der Waals surface area contributed by atoms with Crippen molar-refractivity contribution in [3.63, 3.8) is 0 Å². The lowest BCUT2D eigenvalue weighted by Gasteiger charge is -2.01. The highest BCUT2D eigenvalue weighted by atomic mass is 19.1. The third-order valence-electron chi connectivity index (χ3n) is 1.44. The van der Waals surface area contributed by atoms with Crippen molar-refractivity contribution in [3.8, 4) is 0 Å². The lowest BCUT2D eigenvalue weighted by Crippen LogP contribution is -2.17. The fourth-order valence-corrected chi connectivity index (χ4v) is 0.838. The van der Waals surface area contributed by atoms with Crippen LogP contribution in [0, 0.1) is 6.07 Å². The highest BCUT2D eigenvalue weighted by Gasteiger charge is 2.15. The molecular formula is C9H8FO2. The Bertz CT molecular complexity index is 258. The van der Waals surface area contributed by atoms with E-state index in [4.69, 9.17) is 5.11 Å². The van der Waals surface area contributed by atoms with Gasteiger partial charge in [0.05, 0.1) is 0 Å². The standard InChI is InChI=1S/C9H8FO2/c10-8(9(11)12)6-7-4-2-1-3-5-7/h1-4,8H,6H2,(H,11,12). The summed E-state index contributed by atoms with van der Waals surface area (Å²) in [5.41, 5.74) is 0.576. The number of benzene rings is 1. The van der Waals surface area contributed by atoms with E-state index in [-0.39, 0.29) is 6.42 Å². The first-order valence-electron chi connectivity index (χ1n) is 3.52. The van der Waals surface area contributed by atoms with E-state index in [1.807, 2.05) is 0 Å². The van der Waals surface area contributed by atoms with Crippen molar-refractivity contribution in [1.82, 2.24) is 0 Å². The summed E-state index contributed by atoms with van der Waals surface area (Å²) < 4.78 is 12.6. The van der Waals surface area contributed by atoms with Crippen LogP contribution in [0.3, 0.4) is 0 Å². The van der Waals surface area contributed by atoms with Gasteiger partial charge in [0.15, 0.2) is 0 Å². The Kier molecular flexibility index (Phi) is 2.80. The highest BCUT2D eigenvalue weighted by molar-refractivity contribution is 5.72. The minimum atomic E-state index is -1.83. The molecule has 0 saturated carbocycles. The number of hydrogen-bond donors (Lipinski definition) is 1. The molecule has 0 aromatic heterocycles. The van der Waals surface area contributed by atoms with Crippen LogP contribution in [0.4, 0.5) is 4.39 Å². The summed E-state index contributed by atoms with van der Waals surface area (Å²) >= 11 is 0. The Morgan fingerprint density at radius 2 is 2.42 bits per heavy atom. The van der Waals surface area contributed by atoms with Crippen molar-refractivity contribution in [1.29, 1.82) is 0 Å². The first-order chi connectivity index (χ1) is 5.70. The number of aliphatic carboxylic acids is 1. The Morgan fingerprint density at radius 1 is 1.67 bits per heavy atom. The van der Waals surface area contributed by atoms with Crippen LogP contribution in [0.15, 0.2) is 24.3 Å². The van der Waals surface area contributed by atoms with Gasteiger partial charge in [-0.1, -0.05) is 24.3 Å². The zero-order chi connectivity index (χ0) is 8.97. The van der Waals surface area contributed by atoms with E-state index < -0.39 is 12.1 Å². The molecule has 0 aliphatic rings. The van der Waals surface area contributed by atoms with Crippen LogP contribution in [0.25, 0.3) is 0 Å². The normalized spacial score (nSPS) is 12.4. The zero-order valence-corrected chi connectivity index (χ0v) is 6.33. The van der Waals surface area contributed by atoms with E-state index >= 15 is 0 Å². The summed E-state index contributed by atoms with van der Waals surface area (Å²) in [7, 11) is 0. The SMILES string of the molecule is O=C(O)C(F)Cc1[c]cccc1. The molecule has 63 valence electrons.